The number of aromatic nitrogens is 1. The van der Waals surface area contributed by atoms with E-state index in [0.717, 1.165) is 30.3 Å². The Morgan fingerprint density at radius 1 is 1.12 bits per heavy atom. The number of anilines is 1. The molecule has 0 saturated carbocycles. The monoisotopic (exact) mass is 356 g/mol. The summed E-state index contributed by atoms with van der Waals surface area (Å²) in [6.07, 6.45) is 4.07. The molecule has 7 heteroatoms. The van der Waals surface area contributed by atoms with Gasteiger partial charge in [0.2, 0.25) is 0 Å². The van der Waals surface area contributed by atoms with E-state index in [4.69, 9.17) is 0 Å². The maximum atomic E-state index is 11.7. The summed E-state index contributed by atoms with van der Waals surface area (Å²) >= 11 is 0. The Kier molecular flexibility index (Phi) is 7.54. The van der Waals surface area contributed by atoms with Crippen molar-refractivity contribution in [2.45, 2.75) is 33.0 Å². The van der Waals surface area contributed by atoms with Crippen molar-refractivity contribution in [1.82, 2.24) is 20.5 Å². The van der Waals surface area contributed by atoms with E-state index >= 15 is 0 Å². The molecule has 0 unspecified atom stereocenters. The van der Waals surface area contributed by atoms with E-state index in [1.807, 2.05) is 62.6 Å². The molecule has 2 rings (SSSR count). The highest BCUT2D eigenvalue weighted by Gasteiger charge is 2.03. The lowest BCUT2D eigenvalue weighted by Gasteiger charge is -2.13. The molecule has 0 aliphatic heterocycles. The van der Waals surface area contributed by atoms with Crippen LogP contribution in [0.1, 0.15) is 19.4 Å². The highest BCUT2D eigenvalue weighted by Crippen LogP contribution is 2.09. The van der Waals surface area contributed by atoms with Gasteiger partial charge in [-0.3, -0.25) is 4.99 Å². The van der Waals surface area contributed by atoms with E-state index in [-0.39, 0.29) is 12.1 Å². The second kappa shape index (κ2) is 10.1. The molecule has 4 N–H and O–H groups in total. The SMILES string of the molecule is CN=C(NCCn1cccc1)NCc1ccc(NC(=O)NC(C)C)cc1. The molecule has 0 saturated heterocycles. The van der Waals surface area contributed by atoms with Crippen molar-refractivity contribution in [3.63, 3.8) is 0 Å². The van der Waals surface area contributed by atoms with Crippen LogP contribution < -0.4 is 21.3 Å². The van der Waals surface area contributed by atoms with Gasteiger partial charge >= 0.3 is 6.03 Å². The zero-order chi connectivity index (χ0) is 18.8. The number of aliphatic imine (C=N–C) groups is 1. The number of benzene rings is 1. The highest BCUT2D eigenvalue weighted by molar-refractivity contribution is 5.89. The Morgan fingerprint density at radius 3 is 2.42 bits per heavy atom. The first-order valence-corrected chi connectivity index (χ1v) is 8.78. The van der Waals surface area contributed by atoms with Crippen LogP contribution in [0.3, 0.4) is 0 Å². The van der Waals surface area contributed by atoms with E-state index in [1.54, 1.807) is 7.05 Å². The Labute approximate surface area is 154 Å². The Balaban J connectivity index is 1.74. The zero-order valence-corrected chi connectivity index (χ0v) is 15.6. The van der Waals surface area contributed by atoms with Crippen LogP contribution in [0.4, 0.5) is 10.5 Å². The average molecular weight is 356 g/mol. The summed E-state index contributed by atoms with van der Waals surface area (Å²) in [5.74, 6) is 0.760. The number of rotatable bonds is 7. The predicted molar refractivity (Wildman–Crippen MR) is 106 cm³/mol. The quantitative estimate of drug-likeness (QED) is 0.454. The molecule has 0 aliphatic carbocycles. The minimum absolute atomic E-state index is 0.107. The van der Waals surface area contributed by atoms with Crippen molar-refractivity contribution >= 4 is 17.7 Å². The summed E-state index contributed by atoms with van der Waals surface area (Å²) in [5.41, 5.74) is 1.87. The summed E-state index contributed by atoms with van der Waals surface area (Å²) in [6, 6.07) is 11.7. The summed E-state index contributed by atoms with van der Waals surface area (Å²) < 4.78 is 2.11. The van der Waals surface area contributed by atoms with Gasteiger partial charge in [0, 0.05) is 50.8 Å². The molecule has 7 nitrogen and oxygen atoms in total. The van der Waals surface area contributed by atoms with Crippen LogP contribution >= 0.6 is 0 Å². The van der Waals surface area contributed by atoms with Crippen LogP contribution in [0.2, 0.25) is 0 Å². The summed E-state index contributed by atoms with van der Waals surface area (Å²) in [6.45, 7) is 6.18. The van der Waals surface area contributed by atoms with Gasteiger partial charge in [-0.15, -0.1) is 0 Å². The fourth-order valence-corrected chi connectivity index (χ4v) is 2.36. The van der Waals surface area contributed by atoms with Crippen LogP contribution in [0.25, 0.3) is 0 Å². The van der Waals surface area contributed by atoms with Crippen molar-refractivity contribution in [1.29, 1.82) is 0 Å². The standard InChI is InChI=1S/C19H28N6O/c1-15(2)23-19(26)24-17-8-6-16(7-9-17)14-22-18(20-3)21-10-13-25-11-4-5-12-25/h4-9,11-12,15H,10,13-14H2,1-3H3,(H2,20,21,22)(H2,23,24,26). The van der Waals surface area contributed by atoms with Crippen LogP contribution in [0, 0.1) is 0 Å². The molecule has 0 spiro atoms. The number of hydrogen-bond donors (Lipinski definition) is 4. The smallest absolute Gasteiger partial charge is 0.319 e. The van der Waals surface area contributed by atoms with Gasteiger partial charge in [0.25, 0.3) is 0 Å². The van der Waals surface area contributed by atoms with Crippen LogP contribution in [0.15, 0.2) is 53.8 Å². The first-order valence-electron chi connectivity index (χ1n) is 8.78. The van der Waals surface area contributed by atoms with E-state index in [9.17, 15) is 4.79 Å². The molecule has 0 fully saturated rings. The van der Waals surface area contributed by atoms with E-state index < -0.39 is 0 Å². The summed E-state index contributed by atoms with van der Waals surface area (Å²) in [7, 11) is 1.76. The molecular formula is C19H28N6O. The fourth-order valence-electron chi connectivity index (χ4n) is 2.36. The third-order valence-electron chi connectivity index (χ3n) is 3.64. The number of urea groups is 1. The third-order valence-corrected chi connectivity index (χ3v) is 3.64. The summed E-state index contributed by atoms with van der Waals surface area (Å²) in [5, 5.41) is 12.2. The normalized spacial score (nSPS) is 11.3. The van der Waals surface area contributed by atoms with E-state index in [1.165, 1.54) is 0 Å². The fraction of sp³-hybridized carbons (Fsp3) is 0.368. The number of carbonyl (C=O) groups is 1. The van der Waals surface area contributed by atoms with Crippen molar-refractivity contribution in [2.24, 2.45) is 4.99 Å². The minimum Gasteiger partial charge on any atom is -0.355 e. The number of hydrogen-bond acceptors (Lipinski definition) is 2. The van der Waals surface area contributed by atoms with Crippen LogP contribution in [0.5, 0.6) is 0 Å². The van der Waals surface area contributed by atoms with Crippen molar-refractivity contribution in [3.8, 4) is 0 Å². The first kappa shape index (κ1) is 19.4. The van der Waals surface area contributed by atoms with Gasteiger partial charge in [-0.2, -0.15) is 0 Å². The molecule has 2 amide bonds. The molecule has 140 valence electrons. The van der Waals surface area contributed by atoms with Gasteiger partial charge in [-0.05, 0) is 43.7 Å². The Hall–Kier alpha value is -2.96. The lowest BCUT2D eigenvalue weighted by molar-refractivity contribution is 0.250. The Bertz CT molecular complexity index is 691. The molecule has 1 aromatic heterocycles. The van der Waals surface area contributed by atoms with Crippen LogP contribution in [-0.2, 0) is 13.1 Å². The Morgan fingerprint density at radius 2 is 1.81 bits per heavy atom. The molecule has 0 aliphatic rings. The van der Waals surface area contributed by atoms with Gasteiger partial charge < -0.3 is 25.8 Å². The van der Waals surface area contributed by atoms with Gasteiger partial charge in [-0.1, -0.05) is 12.1 Å². The van der Waals surface area contributed by atoms with Gasteiger partial charge in [0.05, 0.1) is 0 Å². The molecule has 26 heavy (non-hydrogen) atoms. The largest absolute Gasteiger partial charge is 0.355 e. The van der Waals surface area contributed by atoms with Gasteiger partial charge in [0.1, 0.15) is 0 Å². The molecule has 0 radical (unpaired) electrons. The topological polar surface area (TPSA) is 82.5 Å². The first-order chi connectivity index (χ1) is 12.6. The second-order valence-corrected chi connectivity index (χ2v) is 6.22. The van der Waals surface area contributed by atoms with E-state index in [0.29, 0.717) is 6.54 Å². The second-order valence-electron chi connectivity index (χ2n) is 6.22. The van der Waals surface area contributed by atoms with Crippen molar-refractivity contribution in [3.05, 3.63) is 54.4 Å². The number of nitrogens with one attached hydrogen (secondary N) is 4. The lowest BCUT2D eigenvalue weighted by Crippen LogP contribution is -2.38. The average Bonchev–Trinajstić information content (AvgIpc) is 3.12. The van der Waals surface area contributed by atoms with E-state index in [2.05, 4.69) is 30.8 Å². The molecule has 0 atom stereocenters. The summed E-state index contributed by atoms with van der Waals surface area (Å²) in [4.78, 5) is 15.9. The zero-order valence-electron chi connectivity index (χ0n) is 15.6. The lowest BCUT2D eigenvalue weighted by atomic mass is 10.2. The van der Waals surface area contributed by atoms with Gasteiger partial charge in [-0.25, -0.2) is 4.79 Å². The minimum atomic E-state index is -0.196. The maximum Gasteiger partial charge on any atom is 0.319 e. The number of carbonyl (C=O) groups excluding carboxylic acids is 1. The highest BCUT2D eigenvalue weighted by atomic mass is 16.2. The van der Waals surface area contributed by atoms with Crippen LogP contribution in [-0.4, -0.2) is 36.2 Å². The third kappa shape index (κ3) is 6.88. The van der Waals surface area contributed by atoms with Gasteiger partial charge in [0.15, 0.2) is 5.96 Å². The number of amides is 2. The van der Waals surface area contributed by atoms with Crippen molar-refractivity contribution < 1.29 is 4.79 Å². The molecule has 0 bridgehead atoms. The number of guanidine groups is 1. The maximum absolute atomic E-state index is 11.7. The molecule has 1 aromatic carbocycles. The molecule has 2 aromatic rings. The number of nitrogens with zero attached hydrogens (tertiary/aromatic N) is 2. The predicted octanol–water partition coefficient (Wildman–Crippen LogP) is 2.38. The van der Waals surface area contributed by atoms with Crippen molar-refractivity contribution in [2.75, 3.05) is 18.9 Å². The molecule has 1 heterocycles. The molecular weight excluding hydrogens is 328 g/mol.